The Morgan fingerprint density at radius 3 is 2.24 bits per heavy atom. The standard InChI is InChI=1S/C15H28N2O3S/c1-3-5-14(6-4-7-14)12-17-13(18)15(21(2,19)20)8-10-16-11-9-15/h16H,3-12H2,1-2H3,(H,17,18). The third-order valence-electron chi connectivity index (χ3n) is 5.35. The van der Waals surface area contributed by atoms with Gasteiger partial charge in [-0.15, -0.1) is 0 Å². The minimum absolute atomic E-state index is 0.218. The molecule has 0 bridgehead atoms. The molecule has 6 heteroatoms. The maximum absolute atomic E-state index is 12.6. The molecule has 0 spiro atoms. The van der Waals surface area contributed by atoms with Gasteiger partial charge in [0.25, 0.3) is 0 Å². The van der Waals surface area contributed by atoms with Crippen molar-refractivity contribution in [1.29, 1.82) is 0 Å². The first-order valence-corrected chi connectivity index (χ1v) is 9.93. The van der Waals surface area contributed by atoms with Crippen LogP contribution in [0.25, 0.3) is 0 Å². The average Bonchev–Trinajstić information content (AvgIpc) is 2.41. The maximum atomic E-state index is 12.6. The summed E-state index contributed by atoms with van der Waals surface area (Å²) in [5, 5.41) is 6.12. The lowest BCUT2D eigenvalue weighted by atomic mass is 9.66. The zero-order valence-electron chi connectivity index (χ0n) is 13.2. The van der Waals surface area contributed by atoms with E-state index in [0.717, 1.165) is 25.7 Å². The molecule has 2 rings (SSSR count). The summed E-state index contributed by atoms with van der Waals surface area (Å²) >= 11 is 0. The predicted molar refractivity (Wildman–Crippen MR) is 83.9 cm³/mol. The van der Waals surface area contributed by atoms with Gasteiger partial charge in [-0.25, -0.2) is 8.42 Å². The van der Waals surface area contributed by atoms with Crippen LogP contribution in [0.4, 0.5) is 0 Å². The largest absolute Gasteiger partial charge is 0.354 e. The van der Waals surface area contributed by atoms with Crippen LogP contribution in [-0.2, 0) is 14.6 Å². The van der Waals surface area contributed by atoms with Gasteiger partial charge in [-0.2, -0.15) is 0 Å². The first-order valence-electron chi connectivity index (χ1n) is 8.04. The summed E-state index contributed by atoms with van der Waals surface area (Å²) in [5.41, 5.74) is 0.218. The zero-order chi connectivity index (χ0) is 15.6. The quantitative estimate of drug-likeness (QED) is 0.773. The van der Waals surface area contributed by atoms with Crippen LogP contribution in [0, 0.1) is 5.41 Å². The molecule has 1 heterocycles. The Morgan fingerprint density at radius 2 is 1.81 bits per heavy atom. The Labute approximate surface area is 128 Å². The van der Waals surface area contributed by atoms with Crippen molar-refractivity contribution >= 4 is 15.7 Å². The highest BCUT2D eigenvalue weighted by Gasteiger charge is 2.49. The van der Waals surface area contributed by atoms with Crippen molar-refractivity contribution < 1.29 is 13.2 Å². The highest BCUT2D eigenvalue weighted by Crippen LogP contribution is 2.44. The molecule has 1 aliphatic carbocycles. The number of sulfone groups is 1. The van der Waals surface area contributed by atoms with E-state index in [1.807, 2.05) is 0 Å². The number of piperidine rings is 1. The van der Waals surface area contributed by atoms with Crippen molar-refractivity contribution in [3.63, 3.8) is 0 Å². The number of hydrogen-bond donors (Lipinski definition) is 2. The molecule has 5 nitrogen and oxygen atoms in total. The van der Waals surface area contributed by atoms with Crippen LogP contribution in [0.15, 0.2) is 0 Å². The predicted octanol–water partition coefficient (Wildman–Crippen LogP) is 1.24. The fraction of sp³-hybridized carbons (Fsp3) is 0.933. The Kier molecular flexibility index (Phi) is 4.98. The first-order chi connectivity index (χ1) is 9.85. The van der Waals surface area contributed by atoms with E-state index in [1.165, 1.54) is 12.7 Å². The summed E-state index contributed by atoms with van der Waals surface area (Å²) in [6.45, 7) is 3.96. The molecule has 1 saturated heterocycles. The minimum atomic E-state index is -3.41. The lowest BCUT2D eigenvalue weighted by Gasteiger charge is -2.43. The fourth-order valence-corrected chi connectivity index (χ4v) is 5.10. The van der Waals surface area contributed by atoms with E-state index in [1.54, 1.807) is 0 Å². The lowest BCUT2D eigenvalue weighted by Crippen LogP contribution is -2.58. The molecule has 0 aromatic heterocycles. The molecule has 1 amide bonds. The van der Waals surface area contributed by atoms with Crippen LogP contribution >= 0.6 is 0 Å². The van der Waals surface area contributed by atoms with Gasteiger partial charge in [-0.1, -0.05) is 19.8 Å². The molecule has 2 N–H and O–H groups in total. The Bertz CT molecular complexity index is 477. The Hall–Kier alpha value is -0.620. The highest BCUT2D eigenvalue weighted by atomic mass is 32.2. The summed E-state index contributed by atoms with van der Waals surface area (Å²) in [6, 6.07) is 0. The van der Waals surface area contributed by atoms with Crippen LogP contribution in [0.2, 0.25) is 0 Å². The van der Waals surface area contributed by atoms with E-state index in [2.05, 4.69) is 17.6 Å². The van der Waals surface area contributed by atoms with Crippen molar-refractivity contribution in [2.75, 3.05) is 25.9 Å². The number of carbonyl (C=O) groups is 1. The van der Waals surface area contributed by atoms with Crippen LogP contribution in [-0.4, -0.2) is 45.0 Å². The third-order valence-corrected chi connectivity index (χ3v) is 7.37. The molecule has 0 atom stereocenters. The summed E-state index contributed by atoms with van der Waals surface area (Å²) in [6.07, 6.45) is 7.68. The Balaban J connectivity index is 2.06. The summed E-state index contributed by atoms with van der Waals surface area (Å²) in [4.78, 5) is 12.6. The normalized spacial score (nSPS) is 24.1. The maximum Gasteiger partial charge on any atom is 0.241 e. The molecule has 1 aliphatic heterocycles. The van der Waals surface area contributed by atoms with E-state index < -0.39 is 14.6 Å². The zero-order valence-corrected chi connectivity index (χ0v) is 14.0. The molecule has 21 heavy (non-hydrogen) atoms. The molecule has 0 radical (unpaired) electrons. The average molecular weight is 316 g/mol. The van der Waals surface area contributed by atoms with Crippen molar-refractivity contribution in [3.8, 4) is 0 Å². The van der Waals surface area contributed by atoms with Gasteiger partial charge in [-0.3, -0.25) is 4.79 Å². The monoisotopic (exact) mass is 316 g/mol. The molecule has 2 fully saturated rings. The summed E-state index contributed by atoms with van der Waals surface area (Å²) in [5.74, 6) is -0.283. The van der Waals surface area contributed by atoms with Gasteiger partial charge < -0.3 is 10.6 Å². The number of rotatable bonds is 6. The Morgan fingerprint density at radius 1 is 1.19 bits per heavy atom. The molecule has 0 aromatic rings. The second-order valence-corrected chi connectivity index (χ2v) is 9.13. The van der Waals surface area contributed by atoms with Gasteiger partial charge in [0, 0.05) is 12.8 Å². The molecular formula is C15H28N2O3S. The topological polar surface area (TPSA) is 75.3 Å². The lowest BCUT2D eigenvalue weighted by molar-refractivity contribution is -0.125. The number of carbonyl (C=O) groups excluding carboxylic acids is 1. The fourth-order valence-electron chi connectivity index (χ4n) is 3.75. The van der Waals surface area contributed by atoms with Gasteiger partial charge in [0.2, 0.25) is 5.91 Å². The molecule has 0 unspecified atom stereocenters. The summed E-state index contributed by atoms with van der Waals surface area (Å²) in [7, 11) is -3.41. The third kappa shape index (κ3) is 3.26. The van der Waals surface area contributed by atoms with E-state index in [0.29, 0.717) is 32.5 Å². The second-order valence-electron chi connectivity index (χ2n) is 6.80. The van der Waals surface area contributed by atoms with Crippen molar-refractivity contribution in [3.05, 3.63) is 0 Å². The molecule has 1 saturated carbocycles. The molecule has 0 aromatic carbocycles. The van der Waals surface area contributed by atoms with Crippen LogP contribution in [0.5, 0.6) is 0 Å². The van der Waals surface area contributed by atoms with Crippen molar-refractivity contribution in [2.24, 2.45) is 5.41 Å². The van der Waals surface area contributed by atoms with Crippen molar-refractivity contribution in [1.82, 2.24) is 10.6 Å². The SMILES string of the molecule is CCCC1(CNC(=O)C2(S(C)(=O)=O)CCNCC2)CCC1. The summed E-state index contributed by atoms with van der Waals surface area (Å²) < 4.78 is 23.2. The van der Waals surface area contributed by atoms with Crippen LogP contribution < -0.4 is 10.6 Å². The number of hydrogen-bond acceptors (Lipinski definition) is 4. The van der Waals surface area contributed by atoms with E-state index in [9.17, 15) is 13.2 Å². The van der Waals surface area contributed by atoms with Crippen LogP contribution in [0.3, 0.4) is 0 Å². The highest BCUT2D eigenvalue weighted by molar-refractivity contribution is 7.92. The van der Waals surface area contributed by atoms with Gasteiger partial charge in [-0.05, 0) is 50.6 Å². The van der Waals surface area contributed by atoms with Gasteiger partial charge in [0.15, 0.2) is 14.6 Å². The van der Waals surface area contributed by atoms with Gasteiger partial charge >= 0.3 is 0 Å². The van der Waals surface area contributed by atoms with Crippen molar-refractivity contribution in [2.45, 2.75) is 56.6 Å². The van der Waals surface area contributed by atoms with Crippen LogP contribution in [0.1, 0.15) is 51.9 Å². The minimum Gasteiger partial charge on any atom is -0.354 e. The smallest absolute Gasteiger partial charge is 0.241 e. The van der Waals surface area contributed by atoms with Gasteiger partial charge in [0.05, 0.1) is 0 Å². The molecular weight excluding hydrogens is 288 g/mol. The molecule has 122 valence electrons. The van der Waals surface area contributed by atoms with E-state index in [4.69, 9.17) is 0 Å². The van der Waals surface area contributed by atoms with E-state index in [-0.39, 0.29) is 11.3 Å². The first kappa shape index (κ1) is 16.7. The van der Waals surface area contributed by atoms with E-state index >= 15 is 0 Å². The number of amides is 1. The second kappa shape index (κ2) is 6.24. The molecule has 2 aliphatic rings. The van der Waals surface area contributed by atoms with Gasteiger partial charge in [0.1, 0.15) is 0 Å². The number of nitrogens with one attached hydrogen (secondary N) is 2.